The number of nitrogens with zero attached hydrogens (tertiary/aromatic N) is 1. The van der Waals surface area contributed by atoms with Crippen LogP contribution in [-0.4, -0.2) is 43.4 Å². The second kappa shape index (κ2) is 9.41. The fourth-order valence-electron chi connectivity index (χ4n) is 4.35. The molecule has 3 aromatic rings. The Morgan fingerprint density at radius 1 is 1.18 bits per heavy atom. The molecule has 33 heavy (non-hydrogen) atoms. The van der Waals surface area contributed by atoms with E-state index >= 15 is 0 Å². The van der Waals surface area contributed by atoms with Crippen molar-refractivity contribution in [3.05, 3.63) is 77.4 Å². The van der Waals surface area contributed by atoms with Gasteiger partial charge in [0.05, 0.1) is 30.4 Å². The normalized spacial score (nSPS) is 17.8. The predicted molar refractivity (Wildman–Crippen MR) is 121 cm³/mol. The summed E-state index contributed by atoms with van der Waals surface area (Å²) in [6, 6.07) is 17.4. The monoisotopic (exact) mass is 458 g/mol. The van der Waals surface area contributed by atoms with Gasteiger partial charge in [-0.3, -0.25) is 0 Å². The van der Waals surface area contributed by atoms with Crippen molar-refractivity contribution in [1.82, 2.24) is 5.32 Å². The van der Waals surface area contributed by atoms with Crippen LogP contribution in [0.25, 0.3) is 10.8 Å². The number of aromatic carboxylic acids is 1. The molecule has 1 heterocycles. The van der Waals surface area contributed by atoms with Crippen LogP contribution in [0.15, 0.2) is 60.7 Å². The highest BCUT2D eigenvalue weighted by Gasteiger charge is 2.36. The van der Waals surface area contributed by atoms with Crippen molar-refractivity contribution in [2.24, 2.45) is 0 Å². The lowest BCUT2D eigenvalue weighted by Crippen LogP contribution is -2.51. The van der Waals surface area contributed by atoms with E-state index in [2.05, 4.69) is 36.5 Å². The van der Waals surface area contributed by atoms with Crippen LogP contribution in [0.4, 0.5) is 18.9 Å². The topological polar surface area (TPSA) is 61.8 Å². The molecule has 0 aromatic heterocycles. The number of alkyl halides is 3. The van der Waals surface area contributed by atoms with Crippen molar-refractivity contribution >= 4 is 22.4 Å². The van der Waals surface area contributed by atoms with Crippen molar-refractivity contribution in [2.45, 2.75) is 25.2 Å². The summed E-state index contributed by atoms with van der Waals surface area (Å²) in [7, 11) is 0. The van der Waals surface area contributed by atoms with Gasteiger partial charge in [0.15, 0.2) is 0 Å². The van der Waals surface area contributed by atoms with Crippen molar-refractivity contribution in [3.63, 3.8) is 0 Å². The van der Waals surface area contributed by atoms with Gasteiger partial charge in [-0.05, 0) is 41.5 Å². The van der Waals surface area contributed by atoms with Crippen molar-refractivity contribution < 1.29 is 27.8 Å². The van der Waals surface area contributed by atoms with Crippen LogP contribution in [-0.2, 0) is 10.9 Å². The Hall–Kier alpha value is -3.10. The molecule has 0 spiro atoms. The lowest BCUT2D eigenvalue weighted by Gasteiger charge is -2.38. The van der Waals surface area contributed by atoms with Gasteiger partial charge in [-0.2, -0.15) is 13.2 Å². The molecule has 1 aliphatic rings. The van der Waals surface area contributed by atoms with Gasteiger partial charge in [0, 0.05) is 24.8 Å². The van der Waals surface area contributed by atoms with Gasteiger partial charge < -0.3 is 20.1 Å². The molecule has 1 saturated heterocycles. The van der Waals surface area contributed by atoms with Crippen LogP contribution < -0.4 is 10.2 Å². The zero-order valence-electron chi connectivity index (χ0n) is 18.1. The Balaban J connectivity index is 1.54. The molecule has 8 heteroatoms. The van der Waals surface area contributed by atoms with Crippen molar-refractivity contribution in [1.29, 1.82) is 0 Å². The first-order valence-corrected chi connectivity index (χ1v) is 10.8. The van der Waals surface area contributed by atoms with Gasteiger partial charge in [-0.25, -0.2) is 4.79 Å². The third kappa shape index (κ3) is 4.96. The van der Waals surface area contributed by atoms with Gasteiger partial charge in [-0.1, -0.05) is 42.5 Å². The van der Waals surface area contributed by atoms with Crippen molar-refractivity contribution in [3.8, 4) is 0 Å². The molecule has 0 saturated carbocycles. The number of rotatable bonds is 6. The van der Waals surface area contributed by atoms with Gasteiger partial charge >= 0.3 is 12.1 Å². The van der Waals surface area contributed by atoms with Crippen LogP contribution in [0.1, 0.15) is 34.5 Å². The number of nitrogens with one attached hydrogen (secondary N) is 1. The average Bonchev–Trinajstić information content (AvgIpc) is 2.81. The number of ether oxygens (including phenoxy) is 1. The highest BCUT2D eigenvalue weighted by Crippen LogP contribution is 2.35. The Kier molecular flexibility index (Phi) is 6.58. The number of carbonyl (C=O) groups is 1. The number of carboxylic acid groups (broad SMARTS) is 1. The fraction of sp³-hybridized carbons (Fsp3) is 0.320. The Morgan fingerprint density at radius 2 is 1.94 bits per heavy atom. The molecule has 0 radical (unpaired) electrons. The maximum Gasteiger partial charge on any atom is 0.417 e. The quantitative estimate of drug-likeness (QED) is 0.537. The smallest absolute Gasteiger partial charge is 0.417 e. The number of anilines is 1. The summed E-state index contributed by atoms with van der Waals surface area (Å²) in [6.45, 7) is 3.85. The lowest BCUT2D eigenvalue weighted by atomic mass is 9.99. The van der Waals surface area contributed by atoms with Crippen LogP contribution in [0.2, 0.25) is 0 Å². The van der Waals surface area contributed by atoms with Crippen LogP contribution in [0.5, 0.6) is 0 Å². The molecule has 0 bridgehead atoms. The number of morpholine rings is 1. The van der Waals surface area contributed by atoms with E-state index in [1.165, 1.54) is 6.07 Å². The minimum Gasteiger partial charge on any atom is -0.478 e. The minimum atomic E-state index is -4.73. The molecule has 1 unspecified atom stereocenters. The molecule has 0 aliphatic carbocycles. The average molecular weight is 458 g/mol. The molecule has 5 nitrogen and oxygen atoms in total. The van der Waals surface area contributed by atoms with E-state index in [1.54, 1.807) is 0 Å². The zero-order valence-corrected chi connectivity index (χ0v) is 18.1. The largest absolute Gasteiger partial charge is 0.478 e. The van der Waals surface area contributed by atoms with Gasteiger partial charge in [0.25, 0.3) is 0 Å². The maximum absolute atomic E-state index is 13.2. The minimum absolute atomic E-state index is 0.0297. The van der Waals surface area contributed by atoms with E-state index in [-0.39, 0.29) is 12.1 Å². The fourth-order valence-corrected chi connectivity index (χ4v) is 4.35. The molecule has 2 atom stereocenters. The van der Waals surface area contributed by atoms with E-state index in [0.717, 1.165) is 28.5 Å². The number of carboxylic acids is 1. The summed E-state index contributed by atoms with van der Waals surface area (Å²) >= 11 is 0. The van der Waals surface area contributed by atoms with Crippen LogP contribution in [0.3, 0.4) is 0 Å². The number of hydrogen-bond donors (Lipinski definition) is 2. The number of hydrogen-bond acceptors (Lipinski definition) is 4. The lowest BCUT2D eigenvalue weighted by molar-refractivity contribution is -0.138. The number of halogens is 3. The number of fused-ring (bicyclic) bond motifs is 1. The summed E-state index contributed by atoms with van der Waals surface area (Å²) in [6.07, 6.45) is -4.73. The standard InChI is InChI=1S/C25H25F3N2O3/c1-16(20-8-4-6-17-5-2-3-7-21(17)20)29-14-19-15-33-12-11-30(19)18-9-10-23(25(26,27)28)22(13-18)24(31)32/h2-10,13,16,19,29H,11-12,14-15H2,1H3,(H,31,32)/t16-,19?/m1/s1. The molecular weight excluding hydrogens is 433 g/mol. The van der Waals surface area contributed by atoms with Crippen LogP contribution >= 0.6 is 0 Å². The highest BCUT2D eigenvalue weighted by molar-refractivity contribution is 5.91. The molecule has 1 aliphatic heterocycles. The Bertz CT molecular complexity index is 1140. The molecule has 174 valence electrons. The van der Waals surface area contributed by atoms with E-state index < -0.39 is 23.3 Å². The molecule has 0 amide bonds. The molecular formula is C25H25F3N2O3. The van der Waals surface area contributed by atoms with Gasteiger partial charge in [-0.15, -0.1) is 0 Å². The second-order valence-corrected chi connectivity index (χ2v) is 8.15. The van der Waals surface area contributed by atoms with Crippen LogP contribution in [0, 0.1) is 0 Å². The maximum atomic E-state index is 13.2. The molecule has 3 aromatic carbocycles. The Morgan fingerprint density at radius 3 is 2.70 bits per heavy atom. The highest BCUT2D eigenvalue weighted by atomic mass is 19.4. The first-order chi connectivity index (χ1) is 15.8. The first kappa shape index (κ1) is 23.1. The SMILES string of the molecule is C[C@@H](NCC1COCCN1c1ccc(C(F)(F)F)c(C(=O)O)c1)c1cccc2ccccc12. The predicted octanol–water partition coefficient (Wildman–Crippen LogP) is 5.11. The summed E-state index contributed by atoms with van der Waals surface area (Å²) in [5, 5.41) is 15.2. The summed E-state index contributed by atoms with van der Waals surface area (Å²) < 4.78 is 45.3. The Labute approximate surface area is 189 Å². The summed E-state index contributed by atoms with van der Waals surface area (Å²) in [5.74, 6) is -1.60. The number of benzene rings is 3. The van der Waals surface area contributed by atoms with E-state index in [0.29, 0.717) is 32.0 Å². The van der Waals surface area contributed by atoms with E-state index in [9.17, 15) is 23.1 Å². The molecule has 4 rings (SSSR count). The van der Waals surface area contributed by atoms with E-state index in [4.69, 9.17) is 4.74 Å². The van der Waals surface area contributed by atoms with E-state index in [1.807, 2.05) is 23.1 Å². The zero-order chi connectivity index (χ0) is 23.6. The summed E-state index contributed by atoms with van der Waals surface area (Å²) in [5.41, 5.74) is -0.305. The van der Waals surface area contributed by atoms with Gasteiger partial charge in [0.1, 0.15) is 0 Å². The molecule has 2 N–H and O–H groups in total. The third-order valence-electron chi connectivity index (χ3n) is 6.05. The van der Waals surface area contributed by atoms with Gasteiger partial charge in [0.2, 0.25) is 0 Å². The first-order valence-electron chi connectivity index (χ1n) is 10.8. The third-order valence-corrected chi connectivity index (χ3v) is 6.05. The molecule has 1 fully saturated rings. The summed E-state index contributed by atoms with van der Waals surface area (Å²) in [4.78, 5) is 13.4. The second-order valence-electron chi connectivity index (χ2n) is 8.15. The van der Waals surface area contributed by atoms with Crippen molar-refractivity contribution in [2.75, 3.05) is 31.2 Å².